The molecule has 1 rings (SSSR count). The van der Waals surface area contributed by atoms with Gasteiger partial charge in [-0.2, -0.15) is 0 Å². The number of pyridine rings is 1. The van der Waals surface area contributed by atoms with Crippen LogP contribution in [0.4, 0.5) is 10.5 Å². The number of aromatic nitrogens is 1. The molecule has 0 radical (unpaired) electrons. The van der Waals surface area contributed by atoms with Gasteiger partial charge in [-0.05, 0) is 32.4 Å². The molecule has 0 aliphatic rings. The lowest BCUT2D eigenvalue weighted by molar-refractivity contribution is -0.109. The highest BCUT2D eigenvalue weighted by molar-refractivity contribution is 5.73. The third kappa shape index (κ3) is 5.85. The summed E-state index contributed by atoms with van der Waals surface area (Å²) in [6.45, 7) is 5.26. The zero-order valence-electron chi connectivity index (χ0n) is 11.3. The molecule has 6 nitrogen and oxygen atoms in total. The summed E-state index contributed by atoms with van der Waals surface area (Å²) in [5.74, 6) is 0. The van der Waals surface area contributed by atoms with E-state index in [-0.39, 0.29) is 0 Å². The summed E-state index contributed by atoms with van der Waals surface area (Å²) in [5, 5.41) is 2.49. The number of nitrogens with two attached hydrogens (primary N) is 1. The molecule has 104 valence electrons. The molecule has 0 spiro atoms. The SMILES string of the molecule is CC(C)(C)OC(=O)N[C@H](C=O)Cc1cncc(N)c1. The first-order valence-corrected chi connectivity index (χ1v) is 5.94. The molecule has 0 bridgehead atoms. The van der Waals surface area contributed by atoms with Gasteiger partial charge >= 0.3 is 6.09 Å². The van der Waals surface area contributed by atoms with E-state index in [9.17, 15) is 9.59 Å². The molecular weight excluding hydrogens is 246 g/mol. The van der Waals surface area contributed by atoms with Crippen molar-refractivity contribution < 1.29 is 14.3 Å². The summed E-state index contributed by atoms with van der Waals surface area (Å²) in [6.07, 6.45) is 3.47. The van der Waals surface area contributed by atoms with Crippen molar-refractivity contribution in [3.63, 3.8) is 0 Å². The number of rotatable bonds is 4. The Morgan fingerprint density at radius 2 is 2.21 bits per heavy atom. The van der Waals surface area contributed by atoms with Gasteiger partial charge in [0.25, 0.3) is 0 Å². The van der Waals surface area contributed by atoms with Crippen LogP contribution >= 0.6 is 0 Å². The Morgan fingerprint density at radius 3 is 2.74 bits per heavy atom. The summed E-state index contributed by atoms with van der Waals surface area (Å²) < 4.78 is 5.08. The maximum absolute atomic E-state index is 11.6. The van der Waals surface area contributed by atoms with E-state index in [2.05, 4.69) is 10.3 Å². The number of alkyl carbamates (subject to hydrolysis) is 1. The number of carbonyl (C=O) groups excluding carboxylic acids is 2. The summed E-state index contributed by atoms with van der Waals surface area (Å²) >= 11 is 0. The van der Waals surface area contributed by atoms with E-state index in [0.717, 1.165) is 5.56 Å². The number of amides is 1. The maximum atomic E-state index is 11.6. The number of carbonyl (C=O) groups is 2. The van der Waals surface area contributed by atoms with Gasteiger partial charge in [-0.15, -0.1) is 0 Å². The molecule has 1 aromatic rings. The maximum Gasteiger partial charge on any atom is 0.408 e. The number of nitrogens with one attached hydrogen (secondary N) is 1. The van der Waals surface area contributed by atoms with Crippen molar-refractivity contribution in [2.24, 2.45) is 0 Å². The van der Waals surface area contributed by atoms with E-state index < -0.39 is 17.7 Å². The molecule has 1 amide bonds. The second-order valence-electron chi connectivity index (χ2n) is 5.22. The van der Waals surface area contributed by atoms with Crippen molar-refractivity contribution in [2.45, 2.75) is 38.8 Å². The van der Waals surface area contributed by atoms with Crippen LogP contribution in [-0.2, 0) is 16.0 Å². The normalized spacial score (nSPS) is 12.6. The third-order valence-corrected chi connectivity index (χ3v) is 2.14. The average Bonchev–Trinajstić information content (AvgIpc) is 2.25. The molecule has 6 heteroatoms. The first-order chi connectivity index (χ1) is 8.80. The third-order valence-electron chi connectivity index (χ3n) is 2.14. The molecule has 0 fully saturated rings. The second-order valence-corrected chi connectivity index (χ2v) is 5.22. The van der Waals surface area contributed by atoms with E-state index >= 15 is 0 Å². The minimum atomic E-state index is -0.668. The largest absolute Gasteiger partial charge is 0.444 e. The highest BCUT2D eigenvalue weighted by Gasteiger charge is 2.19. The Kier molecular flexibility index (Phi) is 4.86. The van der Waals surface area contributed by atoms with E-state index in [1.54, 1.807) is 33.0 Å². The Labute approximate surface area is 112 Å². The predicted molar refractivity (Wildman–Crippen MR) is 71.6 cm³/mol. The molecular formula is C13H19N3O3. The Balaban J connectivity index is 2.59. The van der Waals surface area contributed by atoms with Gasteiger partial charge in [-0.3, -0.25) is 4.98 Å². The molecule has 0 saturated carbocycles. The fourth-order valence-corrected chi connectivity index (χ4v) is 1.47. The molecule has 0 aromatic carbocycles. The Bertz CT molecular complexity index is 455. The number of aldehydes is 1. The van der Waals surface area contributed by atoms with Crippen LogP contribution in [0.2, 0.25) is 0 Å². The highest BCUT2D eigenvalue weighted by atomic mass is 16.6. The van der Waals surface area contributed by atoms with E-state index in [0.29, 0.717) is 18.4 Å². The van der Waals surface area contributed by atoms with Crippen LogP contribution in [0.15, 0.2) is 18.5 Å². The summed E-state index contributed by atoms with van der Waals surface area (Å²) in [7, 11) is 0. The van der Waals surface area contributed by atoms with Crippen LogP contribution in [0.5, 0.6) is 0 Å². The number of nitrogens with zero attached hydrogens (tertiary/aromatic N) is 1. The number of nitrogen functional groups attached to an aromatic ring is 1. The summed E-state index contributed by atoms with van der Waals surface area (Å²) in [6, 6.07) is 1.04. The smallest absolute Gasteiger partial charge is 0.408 e. The van der Waals surface area contributed by atoms with Crippen molar-refractivity contribution >= 4 is 18.1 Å². The highest BCUT2D eigenvalue weighted by Crippen LogP contribution is 2.09. The fourth-order valence-electron chi connectivity index (χ4n) is 1.47. The standard InChI is InChI=1S/C13H19N3O3/c1-13(2,3)19-12(18)16-11(8-17)5-9-4-10(14)7-15-6-9/h4,6-8,11H,5,14H2,1-3H3,(H,16,18)/t11-/m0/s1. The van der Waals surface area contributed by atoms with Gasteiger partial charge in [-0.1, -0.05) is 0 Å². The quantitative estimate of drug-likeness (QED) is 0.800. The minimum absolute atomic E-state index is 0.320. The summed E-state index contributed by atoms with van der Waals surface area (Å²) in [5.41, 5.74) is 6.28. The van der Waals surface area contributed by atoms with Crippen LogP contribution in [0, 0.1) is 0 Å². The van der Waals surface area contributed by atoms with E-state index in [1.165, 1.54) is 6.20 Å². The Morgan fingerprint density at radius 1 is 1.53 bits per heavy atom. The topological polar surface area (TPSA) is 94.3 Å². The summed E-state index contributed by atoms with van der Waals surface area (Å²) in [4.78, 5) is 26.5. The van der Waals surface area contributed by atoms with Crippen molar-refractivity contribution in [1.29, 1.82) is 0 Å². The van der Waals surface area contributed by atoms with E-state index in [1.807, 2.05) is 0 Å². The van der Waals surface area contributed by atoms with Crippen molar-refractivity contribution in [3.8, 4) is 0 Å². The van der Waals surface area contributed by atoms with E-state index in [4.69, 9.17) is 10.5 Å². The monoisotopic (exact) mass is 265 g/mol. The van der Waals surface area contributed by atoms with Gasteiger partial charge in [0.15, 0.2) is 0 Å². The Hall–Kier alpha value is -2.11. The molecule has 0 aliphatic carbocycles. The first kappa shape index (κ1) is 14.9. The lowest BCUT2D eigenvalue weighted by Crippen LogP contribution is -2.41. The van der Waals surface area contributed by atoms with Crippen LogP contribution in [0.1, 0.15) is 26.3 Å². The van der Waals surface area contributed by atoms with Gasteiger partial charge < -0.3 is 20.6 Å². The predicted octanol–water partition coefficient (Wildman–Crippen LogP) is 1.30. The molecule has 3 N–H and O–H groups in total. The van der Waals surface area contributed by atoms with Gasteiger partial charge in [0.2, 0.25) is 0 Å². The van der Waals surface area contributed by atoms with Crippen molar-refractivity contribution in [2.75, 3.05) is 5.73 Å². The molecule has 0 saturated heterocycles. The van der Waals surface area contributed by atoms with Crippen LogP contribution < -0.4 is 11.1 Å². The van der Waals surface area contributed by atoms with Gasteiger partial charge in [-0.25, -0.2) is 4.79 Å². The number of hydrogen-bond donors (Lipinski definition) is 2. The molecule has 1 heterocycles. The second kappa shape index (κ2) is 6.17. The van der Waals surface area contributed by atoms with Crippen LogP contribution in [0.25, 0.3) is 0 Å². The number of anilines is 1. The lowest BCUT2D eigenvalue weighted by Gasteiger charge is -2.21. The fraction of sp³-hybridized carbons (Fsp3) is 0.462. The zero-order valence-corrected chi connectivity index (χ0v) is 11.3. The van der Waals surface area contributed by atoms with Crippen molar-refractivity contribution in [1.82, 2.24) is 10.3 Å². The van der Waals surface area contributed by atoms with Crippen molar-refractivity contribution in [3.05, 3.63) is 24.0 Å². The first-order valence-electron chi connectivity index (χ1n) is 5.94. The number of ether oxygens (including phenoxy) is 1. The molecule has 0 unspecified atom stereocenters. The molecule has 1 atom stereocenters. The van der Waals surface area contributed by atoms with Crippen LogP contribution in [0.3, 0.4) is 0 Å². The molecule has 0 aliphatic heterocycles. The molecule has 19 heavy (non-hydrogen) atoms. The number of hydrogen-bond acceptors (Lipinski definition) is 5. The molecule has 1 aromatic heterocycles. The minimum Gasteiger partial charge on any atom is -0.444 e. The van der Waals surface area contributed by atoms with Gasteiger partial charge in [0.05, 0.1) is 11.7 Å². The zero-order chi connectivity index (χ0) is 14.5. The lowest BCUT2D eigenvalue weighted by atomic mass is 10.1. The van der Waals surface area contributed by atoms with Crippen LogP contribution in [-0.4, -0.2) is 29.0 Å². The van der Waals surface area contributed by atoms with Gasteiger partial charge in [0, 0.05) is 18.8 Å². The average molecular weight is 265 g/mol. The van der Waals surface area contributed by atoms with Gasteiger partial charge in [0.1, 0.15) is 11.9 Å².